The number of benzene rings is 2. The number of aromatic nitrogens is 4. The minimum atomic E-state index is -0.225. The molecule has 0 N–H and O–H groups in total. The smallest absolute Gasteiger partial charge is 0.259 e. The van der Waals surface area contributed by atoms with Crippen LogP contribution in [0.5, 0.6) is 0 Å². The molecule has 7 nitrogen and oxygen atoms in total. The zero-order chi connectivity index (χ0) is 22.6. The molecule has 5 rings (SSSR count). The van der Waals surface area contributed by atoms with Crippen molar-refractivity contribution < 1.29 is 4.52 Å². The normalized spacial score (nSPS) is 11.3. The van der Waals surface area contributed by atoms with E-state index in [4.69, 9.17) is 27.7 Å². The van der Waals surface area contributed by atoms with E-state index in [-0.39, 0.29) is 12.1 Å². The number of pyridine rings is 1. The summed E-state index contributed by atoms with van der Waals surface area (Å²) in [5.41, 5.74) is 3.00. The molecule has 0 fully saturated rings. The average Bonchev–Trinajstić information content (AvgIpc) is 3.33. The number of nitriles is 1. The van der Waals surface area contributed by atoms with Gasteiger partial charge in [0.25, 0.3) is 11.4 Å². The van der Waals surface area contributed by atoms with Crippen LogP contribution in [-0.4, -0.2) is 19.3 Å². The molecule has 2 aromatic carbocycles. The molecule has 0 unspecified atom stereocenters. The van der Waals surface area contributed by atoms with Gasteiger partial charge in [-0.1, -0.05) is 34.4 Å². The van der Waals surface area contributed by atoms with Crippen molar-refractivity contribution in [3.05, 3.63) is 68.7 Å². The van der Waals surface area contributed by atoms with E-state index in [0.29, 0.717) is 38.5 Å². The molecule has 158 valence electrons. The number of nitrogens with zero attached hydrogens (tertiary/aromatic N) is 5. The predicted octanol–water partition coefficient (Wildman–Crippen LogP) is 5.35. The van der Waals surface area contributed by atoms with E-state index in [0.717, 1.165) is 21.9 Å². The van der Waals surface area contributed by atoms with Crippen LogP contribution in [0, 0.1) is 18.3 Å². The van der Waals surface area contributed by atoms with E-state index in [1.165, 1.54) is 0 Å². The fraction of sp³-hybridized carbons (Fsp3) is 0.130. The van der Waals surface area contributed by atoms with Crippen LogP contribution in [0.2, 0.25) is 10.0 Å². The Morgan fingerprint density at radius 1 is 1.09 bits per heavy atom. The summed E-state index contributed by atoms with van der Waals surface area (Å²) >= 11 is 12.5. The molecule has 0 saturated heterocycles. The highest BCUT2D eigenvalue weighted by Gasteiger charge is 2.20. The van der Waals surface area contributed by atoms with Crippen LogP contribution in [0.4, 0.5) is 0 Å². The lowest BCUT2D eigenvalue weighted by Crippen LogP contribution is -2.20. The standard InChI is InChI=1S/C23H15Cl2N5O2/c1-12-27-21(32-28-12)13-3-6-20-16(9-13)17-11-18(15-5-4-14(24)10-19(15)25)23(31)29(2)22(17)30(20)8-7-26/h3-6,9-11H,8H2,1-2H3. The minimum Gasteiger partial charge on any atom is -0.334 e. The molecular formula is C23H15Cl2N5O2. The first-order chi connectivity index (χ1) is 15.4. The molecule has 0 amide bonds. The summed E-state index contributed by atoms with van der Waals surface area (Å²) in [6.45, 7) is 1.84. The highest BCUT2D eigenvalue weighted by Crippen LogP contribution is 2.35. The van der Waals surface area contributed by atoms with Crippen molar-refractivity contribution in [1.82, 2.24) is 19.3 Å². The lowest BCUT2D eigenvalue weighted by Gasteiger charge is -2.10. The number of halogens is 2. The lowest BCUT2D eigenvalue weighted by molar-refractivity contribution is 0.425. The number of aryl methyl sites for hydroxylation is 2. The second-order valence-corrected chi connectivity index (χ2v) is 8.25. The fourth-order valence-corrected chi connectivity index (χ4v) is 4.54. The summed E-state index contributed by atoms with van der Waals surface area (Å²) in [7, 11) is 1.69. The van der Waals surface area contributed by atoms with Gasteiger partial charge in [-0.15, -0.1) is 0 Å². The zero-order valence-electron chi connectivity index (χ0n) is 17.1. The Kier molecular flexibility index (Phi) is 4.77. The van der Waals surface area contributed by atoms with Crippen LogP contribution in [-0.2, 0) is 13.6 Å². The van der Waals surface area contributed by atoms with Crippen molar-refractivity contribution >= 4 is 45.1 Å². The molecule has 0 aliphatic carbocycles. The Balaban J connectivity index is 1.88. The number of rotatable bonds is 3. The molecule has 0 aliphatic heterocycles. The van der Waals surface area contributed by atoms with Gasteiger partial charge in [0.05, 0.1) is 16.6 Å². The van der Waals surface area contributed by atoms with Crippen LogP contribution in [0.25, 0.3) is 44.5 Å². The summed E-state index contributed by atoms with van der Waals surface area (Å²) in [4.78, 5) is 17.6. The first-order valence-electron chi connectivity index (χ1n) is 9.68. The maximum atomic E-state index is 13.3. The van der Waals surface area contributed by atoms with Crippen LogP contribution >= 0.6 is 23.2 Å². The number of fused-ring (bicyclic) bond motifs is 3. The van der Waals surface area contributed by atoms with Gasteiger partial charge in [-0.25, -0.2) is 0 Å². The second kappa shape index (κ2) is 7.52. The third-order valence-electron chi connectivity index (χ3n) is 5.44. The average molecular weight is 464 g/mol. The van der Waals surface area contributed by atoms with Crippen molar-refractivity contribution in [3.8, 4) is 28.7 Å². The van der Waals surface area contributed by atoms with E-state index in [2.05, 4.69) is 16.2 Å². The highest BCUT2D eigenvalue weighted by atomic mass is 35.5. The van der Waals surface area contributed by atoms with Gasteiger partial charge >= 0.3 is 0 Å². The van der Waals surface area contributed by atoms with Gasteiger partial charge < -0.3 is 9.09 Å². The predicted molar refractivity (Wildman–Crippen MR) is 124 cm³/mol. The monoisotopic (exact) mass is 463 g/mol. The van der Waals surface area contributed by atoms with Crippen molar-refractivity contribution in [2.75, 3.05) is 0 Å². The molecule has 9 heteroatoms. The molecule has 5 aromatic rings. The fourth-order valence-electron chi connectivity index (χ4n) is 4.03. The van der Waals surface area contributed by atoms with Crippen LogP contribution < -0.4 is 5.56 Å². The van der Waals surface area contributed by atoms with Crippen LogP contribution in [0.1, 0.15) is 5.82 Å². The van der Waals surface area contributed by atoms with E-state index in [9.17, 15) is 10.1 Å². The van der Waals surface area contributed by atoms with Crippen LogP contribution in [0.15, 0.2) is 51.8 Å². The van der Waals surface area contributed by atoms with Gasteiger partial charge in [0, 0.05) is 39.5 Å². The topological polar surface area (TPSA) is 89.6 Å². The molecule has 0 spiro atoms. The Labute approximate surface area is 192 Å². The van der Waals surface area contributed by atoms with Gasteiger partial charge in [-0.3, -0.25) is 9.36 Å². The molecule has 3 aromatic heterocycles. The summed E-state index contributed by atoms with van der Waals surface area (Å²) < 4.78 is 8.69. The number of hydrogen-bond acceptors (Lipinski definition) is 5. The summed E-state index contributed by atoms with van der Waals surface area (Å²) in [6, 6.07) is 14.7. The van der Waals surface area contributed by atoms with Crippen LogP contribution in [0.3, 0.4) is 0 Å². The molecule has 3 heterocycles. The molecule has 0 atom stereocenters. The summed E-state index contributed by atoms with van der Waals surface area (Å²) in [6.07, 6.45) is 0. The van der Waals surface area contributed by atoms with Crippen molar-refractivity contribution in [1.29, 1.82) is 5.26 Å². The Bertz CT molecular complexity index is 1640. The number of hydrogen-bond donors (Lipinski definition) is 0. The lowest BCUT2D eigenvalue weighted by atomic mass is 10.0. The first-order valence-corrected chi connectivity index (χ1v) is 10.4. The highest BCUT2D eigenvalue weighted by molar-refractivity contribution is 6.36. The molecule has 0 radical (unpaired) electrons. The third-order valence-corrected chi connectivity index (χ3v) is 5.99. The summed E-state index contributed by atoms with van der Waals surface area (Å²) in [5.74, 6) is 0.936. The maximum Gasteiger partial charge on any atom is 0.259 e. The van der Waals surface area contributed by atoms with Gasteiger partial charge in [0.1, 0.15) is 12.2 Å². The maximum absolute atomic E-state index is 13.3. The Hall–Kier alpha value is -3.60. The van der Waals surface area contributed by atoms with Gasteiger partial charge in [-0.2, -0.15) is 10.2 Å². The molecular weight excluding hydrogens is 449 g/mol. The van der Waals surface area contributed by atoms with Crippen molar-refractivity contribution in [3.63, 3.8) is 0 Å². The van der Waals surface area contributed by atoms with Gasteiger partial charge in [-0.05, 0) is 43.3 Å². The van der Waals surface area contributed by atoms with Crippen molar-refractivity contribution in [2.24, 2.45) is 7.05 Å². The molecule has 0 bridgehead atoms. The quantitative estimate of drug-likeness (QED) is 0.359. The Morgan fingerprint density at radius 3 is 2.59 bits per heavy atom. The molecule has 0 saturated carbocycles. The largest absolute Gasteiger partial charge is 0.334 e. The van der Waals surface area contributed by atoms with Crippen molar-refractivity contribution in [2.45, 2.75) is 13.5 Å². The Morgan fingerprint density at radius 2 is 1.91 bits per heavy atom. The minimum absolute atomic E-state index is 0.0906. The van der Waals surface area contributed by atoms with E-state index in [1.807, 2.05) is 28.8 Å². The second-order valence-electron chi connectivity index (χ2n) is 7.41. The first kappa shape index (κ1) is 20.3. The molecule has 32 heavy (non-hydrogen) atoms. The molecule has 0 aliphatic rings. The zero-order valence-corrected chi connectivity index (χ0v) is 18.6. The van der Waals surface area contributed by atoms with E-state index < -0.39 is 0 Å². The summed E-state index contributed by atoms with van der Waals surface area (Å²) in [5, 5.41) is 15.8. The SMILES string of the molecule is Cc1noc(-c2ccc3c(c2)c2cc(-c4ccc(Cl)cc4Cl)c(=O)n(C)c2n3CC#N)n1. The van der Waals surface area contributed by atoms with E-state index >= 15 is 0 Å². The van der Waals surface area contributed by atoms with Gasteiger partial charge in [0.15, 0.2) is 5.82 Å². The van der Waals surface area contributed by atoms with Gasteiger partial charge in [0.2, 0.25) is 0 Å². The third kappa shape index (κ3) is 3.08. The van der Waals surface area contributed by atoms with E-state index in [1.54, 1.807) is 36.7 Å².